The summed E-state index contributed by atoms with van der Waals surface area (Å²) in [6, 6.07) is 14.8. The molecular formula is C25H32N2O4. The molecule has 1 fully saturated rings. The predicted molar refractivity (Wildman–Crippen MR) is 120 cm³/mol. The third-order valence-electron chi connectivity index (χ3n) is 5.85. The molecule has 0 radical (unpaired) electrons. The van der Waals surface area contributed by atoms with Gasteiger partial charge in [-0.3, -0.25) is 9.59 Å². The highest BCUT2D eigenvalue weighted by atomic mass is 16.5. The summed E-state index contributed by atoms with van der Waals surface area (Å²) in [7, 11) is 0. The Morgan fingerprint density at radius 3 is 2.48 bits per heavy atom. The summed E-state index contributed by atoms with van der Waals surface area (Å²) in [4.78, 5) is 25.2. The van der Waals surface area contributed by atoms with Crippen molar-refractivity contribution in [2.45, 2.75) is 45.1 Å². The van der Waals surface area contributed by atoms with E-state index in [4.69, 9.17) is 9.47 Å². The third-order valence-corrected chi connectivity index (χ3v) is 5.85. The molecule has 2 aromatic carbocycles. The summed E-state index contributed by atoms with van der Waals surface area (Å²) < 4.78 is 11.1. The van der Waals surface area contributed by atoms with E-state index in [0.29, 0.717) is 31.9 Å². The number of ether oxygens (including phenoxy) is 2. The predicted octanol–water partition coefficient (Wildman–Crippen LogP) is 3.38. The second-order valence-electron chi connectivity index (χ2n) is 8.13. The van der Waals surface area contributed by atoms with Crippen molar-refractivity contribution in [1.29, 1.82) is 0 Å². The van der Waals surface area contributed by atoms with E-state index >= 15 is 0 Å². The Morgan fingerprint density at radius 1 is 1.13 bits per heavy atom. The van der Waals surface area contributed by atoms with Crippen molar-refractivity contribution in [2.24, 2.45) is 0 Å². The monoisotopic (exact) mass is 424 g/mol. The fourth-order valence-corrected chi connectivity index (χ4v) is 3.94. The van der Waals surface area contributed by atoms with Gasteiger partial charge in [0.25, 0.3) is 5.91 Å². The number of hydrogen-bond acceptors (Lipinski definition) is 4. The van der Waals surface area contributed by atoms with Gasteiger partial charge in [0.1, 0.15) is 11.8 Å². The quantitative estimate of drug-likeness (QED) is 0.681. The minimum absolute atomic E-state index is 0.196. The van der Waals surface area contributed by atoms with Gasteiger partial charge >= 0.3 is 0 Å². The molecule has 0 bridgehead atoms. The van der Waals surface area contributed by atoms with E-state index in [0.717, 1.165) is 29.7 Å². The fraction of sp³-hybridized carbons (Fsp3) is 0.440. The Morgan fingerprint density at radius 2 is 1.84 bits per heavy atom. The molecule has 2 aromatic rings. The second kappa shape index (κ2) is 10.4. The van der Waals surface area contributed by atoms with Crippen LogP contribution in [-0.4, -0.2) is 44.2 Å². The van der Waals surface area contributed by atoms with Crippen LogP contribution >= 0.6 is 0 Å². The van der Waals surface area contributed by atoms with Crippen LogP contribution in [0.3, 0.4) is 0 Å². The first-order valence-corrected chi connectivity index (χ1v) is 10.9. The standard InChI is InChI=1S/C25H32N2O4/c1-4-31-22-10-8-21(9-11-22)25(12-14-30-15-13-25)17-26-23(28)19(3)27-24(29)20-7-5-6-18(2)16-20/h5-11,16,19H,4,12-15,17H2,1-3H3,(H,26,28)(H,27,29). The highest BCUT2D eigenvalue weighted by Crippen LogP contribution is 2.35. The molecule has 1 saturated heterocycles. The number of carbonyl (C=O) groups is 2. The molecule has 1 aliphatic heterocycles. The van der Waals surface area contributed by atoms with Crippen molar-refractivity contribution in [3.63, 3.8) is 0 Å². The molecule has 0 aliphatic carbocycles. The number of carbonyl (C=O) groups excluding carboxylic acids is 2. The molecule has 0 spiro atoms. The van der Waals surface area contributed by atoms with Crippen molar-refractivity contribution >= 4 is 11.8 Å². The summed E-state index contributed by atoms with van der Waals surface area (Å²) in [6.07, 6.45) is 1.65. The maximum atomic E-state index is 12.8. The van der Waals surface area contributed by atoms with Crippen molar-refractivity contribution in [3.05, 3.63) is 65.2 Å². The second-order valence-corrected chi connectivity index (χ2v) is 8.13. The number of benzene rings is 2. The Hall–Kier alpha value is -2.86. The summed E-state index contributed by atoms with van der Waals surface area (Å²) in [5.74, 6) is 0.390. The number of aryl methyl sites for hydroxylation is 1. The van der Waals surface area contributed by atoms with Crippen LogP contribution in [0.25, 0.3) is 0 Å². The Bertz CT molecular complexity index is 889. The summed E-state index contributed by atoms with van der Waals surface area (Å²) in [5.41, 5.74) is 2.52. The normalized spacial score (nSPS) is 16.2. The largest absolute Gasteiger partial charge is 0.494 e. The van der Waals surface area contributed by atoms with Gasteiger partial charge < -0.3 is 20.1 Å². The Balaban J connectivity index is 1.64. The SMILES string of the molecule is CCOc1ccc(C2(CNC(=O)C(C)NC(=O)c3cccc(C)c3)CCOCC2)cc1. The van der Waals surface area contributed by atoms with Crippen LogP contribution in [0.15, 0.2) is 48.5 Å². The molecule has 3 rings (SSSR count). The van der Waals surface area contributed by atoms with Crippen LogP contribution in [0.2, 0.25) is 0 Å². The molecule has 0 saturated carbocycles. The average Bonchev–Trinajstić information content (AvgIpc) is 2.78. The van der Waals surface area contributed by atoms with Gasteiger partial charge in [-0.25, -0.2) is 0 Å². The van der Waals surface area contributed by atoms with Crippen molar-refractivity contribution in [1.82, 2.24) is 10.6 Å². The summed E-state index contributed by atoms with van der Waals surface area (Å²) in [6.45, 7) is 8.03. The van der Waals surface area contributed by atoms with Crippen LogP contribution < -0.4 is 15.4 Å². The lowest BCUT2D eigenvalue weighted by Crippen LogP contribution is -2.50. The van der Waals surface area contributed by atoms with Crippen LogP contribution in [0, 0.1) is 6.92 Å². The van der Waals surface area contributed by atoms with Gasteiger partial charge in [0.05, 0.1) is 6.61 Å². The molecule has 1 unspecified atom stereocenters. The number of amides is 2. The van der Waals surface area contributed by atoms with E-state index in [1.807, 2.05) is 44.2 Å². The zero-order chi connectivity index (χ0) is 22.3. The lowest BCUT2D eigenvalue weighted by molar-refractivity contribution is -0.123. The van der Waals surface area contributed by atoms with E-state index in [1.165, 1.54) is 0 Å². The number of hydrogen-bond donors (Lipinski definition) is 2. The molecule has 6 heteroatoms. The maximum Gasteiger partial charge on any atom is 0.251 e. The average molecular weight is 425 g/mol. The minimum Gasteiger partial charge on any atom is -0.494 e. The number of rotatable bonds is 8. The minimum atomic E-state index is -0.634. The van der Waals surface area contributed by atoms with Crippen LogP contribution in [0.5, 0.6) is 5.75 Å². The topological polar surface area (TPSA) is 76.7 Å². The van der Waals surface area contributed by atoms with Crippen molar-refractivity contribution < 1.29 is 19.1 Å². The highest BCUT2D eigenvalue weighted by Gasteiger charge is 2.35. The highest BCUT2D eigenvalue weighted by molar-refractivity contribution is 5.97. The lowest BCUT2D eigenvalue weighted by atomic mass is 9.74. The summed E-state index contributed by atoms with van der Waals surface area (Å²) >= 11 is 0. The smallest absolute Gasteiger partial charge is 0.251 e. The molecule has 1 heterocycles. The Kier molecular flexibility index (Phi) is 7.69. The third kappa shape index (κ3) is 5.85. The summed E-state index contributed by atoms with van der Waals surface area (Å²) in [5, 5.41) is 5.85. The lowest BCUT2D eigenvalue weighted by Gasteiger charge is -2.38. The molecule has 1 atom stereocenters. The zero-order valence-electron chi connectivity index (χ0n) is 18.6. The van der Waals surface area contributed by atoms with Gasteiger partial charge in [-0.1, -0.05) is 29.8 Å². The fourth-order valence-electron chi connectivity index (χ4n) is 3.94. The van der Waals surface area contributed by atoms with E-state index in [-0.39, 0.29) is 17.2 Å². The van der Waals surface area contributed by atoms with Gasteiger partial charge in [-0.05, 0) is 63.4 Å². The molecule has 1 aliphatic rings. The molecule has 0 aromatic heterocycles. The molecule has 2 N–H and O–H groups in total. The molecule has 2 amide bonds. The molecule has 6 nitrogen and oxygen atoms in total. The van der Waals surface area contributed by atoms with E-state index < -0.39 is 6.04 Å². The first-order valence-electron chi connectivity index (χ1n) is 10.9. The van der Waals surface area contributed by atoms with Gasteiger partial charge in [0.15, 0.2) is 0 Å². The molecule has 31 heavy (non-hydrogen) atoms. The first kappa shape index (κ1) is 22.8. The van der Waals surface area contributed by atoms with E-state index in [2.05, 4.69) is 22.8 Å². The van der Waals surface area contributed by atoms with Gasteiger partial charge in [0.2, 0.25) is 5.91 Å². The van der Waals surface area contributed by atoms with Crippen molar-refractivity contribution in [3.8, 4) is 5.75 Å². The van der Waals surface area contributed by atoms with Gasteiger partial charge in [-0.15, -0.1) is 0 Å². The first-order chi connectivity index (χ1) is 14.9. The van der Waals surface area contributed by atoms with Crippen LogP contribution in [0.1, 0.15) is 48.2 Å². The van der Waals surface area contributed by atoms with Gasteiger partial charge in [-0.2, -0.15) is 0 Å². The zero-order valence-corrected chi connectivity index (χ0v) is 18.6. The van der Waals surface area contributed by atoms with E-state index in [9.17, 15) is 9.59 Å². The number of nitrogens with one attached hydrogen (secondary N) is 2. The molecule has 166 valence electrons. The van der Waals surface area contributed by atoms with E-state index in [1.54, 1.807) is 13.0 Å². The van der Waals surface area contributed by atoms with Crippen LogP contribution in [0.4, 0.5) is 0 Å². The van der Waals surface area contributed by atoms with Crippen LogP contribution in [-0.2, 0) is 14.9 Å². The molecular weight excluding hydrogens is 392 g/mol. The van der Waals surface area contributed by atoms with Gasteiger partial charge in [0, 0.05) is 30.7 Å². The maximum absolute atomic E-state index is 12.8. The Labute approximate surface area is 184 Å². The van der Waals surface area contributed by atoms with Crippen molar-refractivity contribution in [2.75, 3.05) is 26.4 Å².